The summed E-state index contributed by atoms with van der Waals surface area (Å²) in [5.41, 5.74) is 6.26. The van der Waals surface area contributed by atoms with E-state index >= 15 is 0 Å². The maximum atomic E-state index is 11.9. The summed E-state index contributed by atoms with van der Waals surface area (Å²) in [7, 11) is 0. The molecule has 0 aliphatic heterocycles. The number of nitrogens with two attached hydrogens (primary N) is 1. The third kappa shape index (κ3) is 3.73. The molecular formula is C15H20N2O3. The fourth-order valence-electron chi connectivity index (χ4n) is 2.69. The van der Waals surface area contributed by atoms with Gasteiger partial charge in [0, 0.05) is 12.1 Å². The molecule has 0 atom stereocenters. The van der Waals surface area contributed by atoms with Crippen molar-refractivity contribution < 1.29 is 14.7 Å². The zero-order chi connectivity index (χ0) is 14.5. The summed E-state index contributed by atoms with van der Waals surface area (Å²) in [6.45, 7) is 0. The van der Waals surface area contributed by atoms with Crippen LogP contribution in [0.2, 0.25) is 0 Å². The predicted molar refractivity (Wildman–Crippen MR) is 77.6 cm³/mol. The lowest BCUT2D eigenvalue weighted by molar-refractivity contribution is -0.116. The Kier molecular flexibility index (Phi) is 4.61. The molecular weight excluding hydrogens is 256 g/mol. The summed E-state index contributed by atoms with van der Waals surface area (Å²) < 4.78 is 0. The molecule has 0 unspecified atom stereocenters. The normalized spacial score (nSPS) is 15.2. The first-order chi connectivity index (χ1) is 9.56. The molecule has 1 aromatic carbocycles. The van der Waals surface area contributed by atoms with Crippen LogP contribution in [0.15, 0.2) is 18.2 Å². The second kappa shape index (κ2) is 6.41. The van der Waals surface area contributed by atoms with E-state index in [0.717, 1.165) is 6.42 Å². The van der Waals surface area contributed by atoms with Crippen LogP contribution in [0.1, 0.15) is 48.9 Å². The van der Waals surface area contributed by atoms with Crippen LogP contribution < -0.4 is 11.1 Å². The van der Waals surface area contributed by atoms with Crippen molar-refractivity contribution in [1.29, 1.82) is 0 Å². The second-order valence-corrected chi connectivity index (χ2v) is 5.35. The zero-order valence-electron chi connectivity index (χ0n) is 11.4. The number of aromatic carboxylic acids is 1. The molecule has 0 heterocycles. The number of hydrogen-bond donors (Lipinski definition) is 3. The number of carboxylic acids is 1. The summed E-state index contributed by atoms with van der Waals surface area (Å²) in [6, 6.07) is 4.47. The summed E-state index contributed by atoms with van der Waals surface area (Å²) in [5, 5.41) is 11.8. The van der Waals surface area contributed by atoms with Gasteiger partial charge in [0.1, 0.15) is 0 Å². The van der Waals surface area contributed by atoms with Crippen LogP contribution in [0.4, 0.5) is 11.4 Å². The minimum Gasteiger partial charge on any atom is -0.478 e. The number of rotatable bonds is 5. The lowest BCUT2D eigenvalue weighted by atomic mass is 10.0. The van der Waals surface area contributed by atoms with Gasteiger partial charge in [-0.15, -0.1) is 0 Å². The molecule has 2 rings (SSSR count). The van der Waals surface area contributed by atoms with Gasteiger partial charge in [0.15, 0.2) is 0 Å². The number of nitrogen functional groups attached to an aromatic ring is 1. The molecule has 0 radical (unpaired) electrons. The predicted octanol–water partition coefficient (Wildman–Crippen LogP) is 2.88. The molecule has 5 nitrogen and oxygen atoms in total. The molecule has 1 aliphatic carbocycles. The van der Waals surface area contributed by atoms with Crippen molar-refractivity contribution in [1.82, 2.24) is 0 Å². The Morgan fingerprint density at radius 2 is 2.00 bits per heavy atom. The Balaban J connectivity index is 1.94. The number of hydrogen-bond acceptors (Lipinski definition) is 3. The monoisotopic (exact) mass is 276 g/mol. The van der Waals surface area contributed by atoms with E-state index in [2.05, 4.69) is 5.32 Å². The summed E-state index contributed by atoms with van der Waals surface area (Å²) >= 11 is 0. The van der Waals surface area contributed by atoms with E-state index in [4.69, 9.17) is 10.8 Å². The third-order valence-corrected chi connectivity index (χ3v) is 3.80. The number of carboxylic acid groups (broad SMARTS) is 1. The molecule has 0 spiro atoms. The fraction of sp³-hybridized carbons (Fsp3) is 0.467. The summed E-state index contributed by atoms with van der Waals surface area (Å²) in [5.74, 6) is -0.585. The van der Waals surface area contributed by atoms with Gasteiger partial charge in [-0.3, -0.25) is 4.79 Å². The van der Waals surface area contributed by atoms with Gasteiger partial charge >= 0.3 is 5.97 Å². The molecule has 5 heteroatoms. The van der Waals surface area contributed by atoms with E-state index in [-0.39, 0.29) is 11.5 Å². The lowest BCUT2D eigenvalue weighted by Crippen LogP contribution is -2.15. The number of amides is 1. The average Bonchev–Trinajstić information content (AvgIpc) is 2.91. The SMILES string of the molecule is Nc1ccc(NC(=O)CCC2CCCC2)c(C(=O)O)c1. The van der Waals surface area contributed by atoms with Gasteiger partial charge in [0.2, 0.25) is 5.91 Å². The minimum absolute atomic E-state index is 0.0271. The quantitative estimate of drug-likeness (QED) is 0.721. The van der Waals surface area contributed by atoms with Crippen LogP contribution in [0.3, 0.4) is 0 Å². The van der Waals surface area contributed by atoms with Gasteiger partial charge < -0.3 is 16.2 Å². The molecule has 1 fully saturated rings. The van der Waals surface area contributed by atoms with Crippen molar-refractivity contribution in [3.05, 3.63) is 23.8 Å². The Morgan fingerprint density at radius 1 is 1.30 bits per heavy atom. The molecule has 0 bridgehead atoms. The fourth-order valence-corrected chi connectivity index (χ4v) is 2.69. The number of benzene rings is 1. The average molecular weight is 276 g/mol. The first-order valence-electron chi connectivity index (χ1n) is 6.99. The maximum Gasteiger partial charge on any atom is 0.337 e. The van der Waals surface area contributed by atoms with E-state index in [1.54, 1.807) is 6.07 Å². The molecule has 0 aromatic heterocycles. The first-order valence-corrected chi connectivity index (χ1v) is 6.99. The Morgan fingerprint density at radius 3 is 2.65 bits per heavy atom. The van der Waals surface area contributed by atoms with Gasteiger partial charge in [-0.25, -0.2) is 4.79 Å². The smallest absolute Gasteiger partial charge is 0.337 e. The van der Waals surface area contributed by atoms with Gasteiger partial charge in [-0.05, 0) is 30.5 Å². The number of carbonyl (C=O) groups is 2. The van der Waals surface area contributed by atoms with E-state index in [1.807, 2.05) is 0 Å². The topological polar surface area (TPSA) is 92.4 Å². The van der Waals surface area contributed by atoms with Crippen LogP contribution in [0.5, 0.6) is 0 Å². The molecule has 1 saturated carbocycles. The largest absolute Gasteiger partial charge is 0.478 e. The van der Waals surface area contributed by atoms with Crippen LogP contribution in [0, 0.1) is 5.92 Å². The van der Waals surface area contributed by atoms with E-state index in [0.29, 0.717) is 23.7 Å². The van der Waals surface area contributed by atoms with E-state index < -0.39 is 5.97 Å². The maximum absolute atomic E-state index is 11.9. The highest BCUT2D eigenvalue weighted by Crippen LogP contribution is 2.28. The van der Waals surface area contributed by atoms with Gasteiger partial charge in [-0.1, -0.05) is 25.7 Å². The van der Waals surface area contributed by atoms with Gasteiger partial charge in [-0.2, -0.15) is 0 Å². The van der Waals surface area contributed by atoms with Crippen molar-refractivity contribution in [2.24, 2.45) is 5.92 Å². The molecule has 1 amide bonds. The van der Waals surface area contributed by atoms with Crippen molar-refractivity contribution in [2.75, 3.05) is 11.1 Å². The first kappa shape index (κ1) is 14.4. The van der Waals surface area contributed by atoms with Crippen LogP contribution in [-0.4, -0.2) is 17.0 Å². The van der Waals surface area contributed by atoms with Crippen molar-refractivity contribution >= 4 is 23.3 Å². The lowest BCUT2D eigenvalue weighted by Gasteiger charge is -2.11. The molecule has 1 aromatic rings. The molecule has 0 saturated heterocycles. The highest BCUT2D eigenvalue weighted by Gasteiger charge is 2.17. The third-order valence-electron chi connectivity index (χ3n) is 3.80. The standard InChI is InChI=1S/C15H20N2O3/c16-11-6-7-13(12(9-11)15(19)20)17-14(18)8-5-10-3-1-2-4-10/h6-7,9-10H,1-5,8,16H2,(H,17,18)(H,19,20). The zero-order valence-corrected chi connectivity index (χ0v) is 11.4. The highest BCUT2D eigenvalue weighted by atomic mass is 16.4. The molecule has 4 N–H and O–H groups in total. The Labute approximate surface area is 118 Å². The van der Waals surface area contributed by atoms with Gasteiger partial charge in [0.05, 0.1) is 11.3 Å². The number of nitrogens with one attached hydrogen (secondary N) is 1. The Bertz CT molecular complexity index is 508. The molecule has 1 aliphatic rings. The minimum atomic E-state index is -1.09. The summed E-state index contributed by atoms with van der Waals surface area (Å²) in [6.07, 6.45) is 6.24. The van der Waals surface area contributed by atoms with Crippen LogP contribution >= 0.6 is 0 Å². The van der Waals surface area contributed by atoms with Crippen LogP contribution in [0.25, 0.3) is 0 Å². The number of carbonyl (C=O) groups excluding carboxylic acids is 1. The Hall–Kier alpha value is -2.04. The molecule has 20 heavy (non-hydrogen) atoms. The van der Waals surface area contributed by atoms with Crippen molar-refractivity contribution in [2.45, 2.75) is 38.5 Å². The highest BCUT2D eigenvalue weighted by molar-refractivity contribution is 6.01. The van der Waals surface area contributed by atoms with Crippen molar-refractivity contribution in [3.63, 3.8) is 0 Å². The second-order valence-electron chi connectivity index (χ2n) is 5.35. The molecule has 108 valence electrons. The summed E-state index contributed by atoms with van der Waals surface area (Å²) in [4.78, 5) is 23.0. The number of anilines is 2. The van der Waals surface area contributed by atoms with E-state index in [1.165, 1.54) is 37.8 Å². The van der Waals surface area contributed by atoms with Crippen LogP contribution in [-0.2, 0) is 4.79 Å². The van der Waals surface area contributed by atoms with Gasteiger partial charge in [0.25, 0.3) is 0 Å². The van der Waals surface area contributed by atoms with Crippen molar-refractivity contribution in [3.8, 4) is 0 Å². The van der Waals surface area contributed by atoms with E-state index in [9.17, 15) is 9.59 Å².